The predicted molar refractivity (Wildman–Crippen MR) is 92.9 cm³/mol. The number of hydrogen-bond donors (Lipinski definition) is 2. The number of amides is 1. The Hall–Kier alpha value is -0.850. The van der Waals surface area contributed by atoms with Gasteiger partial charge in [-0.3, -0.25) is 9.69 Å². The number of nitrogens with one attached hydrogen (secondary N) is 2. The first-order valence-electron chi connectivity index (χ1n) is 7.10. The molecule has 1 aromatic carbocycles. The Morgan fingerprint density at radius 2 is 2.00 bits per heavy atom. The number of rotatable bonds is 6. The molecule has 2 N–H and O–H groups in total. The van der Waals surface area contributed by atoms with Gasteiger partial charge < -0.3 is 15.4 Å². The maximum absolute atomic E-state index is 12.0. The third kappa shape index (κ3) is 6.94. The fraction of sp³-hybridized carbons (Fsp3) is 0.533. The maximum atomic E-state index is 12.0. The topological polar surface area (TPSA) is 53.6 Å². The van der Waals surface area contributed by atoms with E-state index in [0.29, 0.717) is 19.7 Å². The predicted octanol–water partition coefficient (Wildman–Crippen LogP) is 1.07. The van der Waals surface area contributed by atoms with Crippen LogP contribution < -0.4 is 10.6 Å². The summed E-state index contributed by atoms with van der Waals surface area (Å²) in [5, 5.41) is 5.89. The fourth-order valence-corrected chi connectivity index (χ4v) is 2.27. The van der Waals surface area contributed by atoms with Gasteiger partial charge in [0.05, 0.1) is 6.61 Å². The van der Waals surface area contributed by atoms with Crippen LogP contribution in [0.3, 0.4) is 0 Å². The zero-order valence-electron chi connectivity index (χ0n) is 12.8. The molecule has 0 aromatic heterocycles. The highest BCUT2D eigenvalue weighted by molar-refractivity contribution is 5.85. The van der Waals surface area contributed by atoms with Gasteiger partial charge in [0.25, 0.3) is 5.91 Å². The second kappa shape index (κ2) is 11.7. The molecule has 1 unspecified atom stereocenters. The van der Waals surface area contributed by atoms with Crippen molar-refractivity contribution in [3.63, 3.8) is 0 Å². The summed E-state index contributed by atoms with van der Waals surface area (Å²) >= 11 is 0. The molecule has 0 radical (unpaired) electrons. The summed E-state index contributed by atoms with van der Waals surface area (Å²) in [6, 6.07) is 10.3. The average Bonchev–Trinajstić information content (AvgIpc) is 2.49. The van der Waals surface area contributed by atoms with Crippen molar-refractivity contribution < 1.29 is 9.53 Å². The molecule has 7 heteroatoms. The van der Waals surface area contributed by atoms with E-state index in [0.717, 1.165) is 19.6 Å². The zero-order chi connectivity index (χ0) is 14.2. The Labute approximate surface area is 144 Å². The minimum absolute atomic E-state index is 0. The molecule has 1 saturated heterocycles. The summed E-state index contributed by atoms with van der Waals surface area (Å²) in [6.07, 6.45) is -0.357. The normalized spacial score (nSPS) is 18.0. The number of benzene rings is 1. The van der Waals surface area contributed by atoms with Crippen LogP contribution in [0.4, 0.5) is 0 Å². The number of carbonyl (C=O) groups excluding carboxylic acids is 1. The van der Waals surface area contributed by atoms with Crippen molar-refractivity contribution in [3.05, 3.63) is 35.9 Å². The van der Waals surface area contributed by atoms with Gasteiger partial charge >= 0.3 is 0 Å². The third-order valence-electron chi connectivity index (χ3n) is 3.37. The van der Waals surface area contributed by atoms with Crippen molar-refractivity contribution in [3.8, 4) is 0 Å². The fourth-order valence-electron chi connectivity index (χ4n) is 2.27. The van der Waals surface area contributed by atoms with Crippen molar-refractivity contribution in [1.82, 2.24) is 15.5 Å². The highest BCUT2D eigenvalue weighted by Gasteiger charge is 2.26. The van der Waals surface area contributed by atoms with E-state index in [4.69, 9.17) is 4.74 Å². The van der Waals surface area contributed by atoms with Crippen LogP contribution in [0.1, 0.15) is 5.56 Å². The molecule has 2 rings (SSSR count). The van der Waals surface area contributed by atoms with E-state index in [9.17, 15) is 4.79 Å². The lowest BCUT2D eigenvalue weighted by molar-refractivity contribution is -0.138. The standard InChI is InChI=1S/C15H23N3O2.2ClH/c1-16-7-8-17-15(19)14-12-18(9-10-20-14)11-13-5-3-2-4-6-13;;/h2-6,14,16H,7-12H2,1H3,(H,17,19);2*1H. The van der Waals surface area contributed by atoms with E-state index in [1.165, 1.54) is 5.56 Å². The van der Waals surface area contributed by atoms with Crippen LogP contribution in [-0.2, 0) is 16.1 Å². The van der Waals surface area contributed by atoms with Crippen molar-refractivity contribution in [1.29, 1.82) is 0 Å². The SMILES string of the molecule is CNCCNC(=O)C1CN(Cc2ccccc2)CCO1.Cl.Cl. The molecule has 0 aliphatic carbocycles. The van der Waals surface area contributed by atoms with Gasteiger partial charge in [0.15, 0.2) is 0 Å². The molecule has 126 valence electrons. The van der Waals surface area contributed by atoms with Crippen LogP contribution in [0, 0.1) is 0 Å². The van der Waals surface area contributed by atoms with Crippen molar-refractivity contribution in [2.45, 2.75) is 12.6 Å². The zero-order valence-corrected chi connectivity index (χ0v) is 14.4. The van der Waals surface area contributed by atoms with E-state index in [1.54, 1.807) is 0 Å². The molecular formula is C15H25Cl2N3O2. The van der Waals surface area contributed by atoms with Gasteiger partial charge in [-0.2, -0.15) is 0 Å². The van der Waals surface area contributed by atoms with E-state index in [-0.39, 0.29) is 36.8 Å². The first-order valence-corrected chi connectivity index (χ1v) is 7.10. The van der Waals surface area contributed by atoms with Gasteiger partial charge in [-0.05, 0) is 12.6 Å². The van der Waals surface area contributed by atoms with Gasteiger partial charge in [0.2, 0.25) is 0 Å². The quantitative estimate of drug-likeness (QED) is 0.754. The van der Waals surface area contributed by atoms with Crippen LogP contribution in [0.15, 0.2) is 30.3 Å². The molecule has 1 aliphatic heterocycles. The molecule has 1 fully saturated rings. The molecule has 1 aliphatic rings. The van der Waals surface area contributed by atoms with Gasteiger partial charge in [-0.25, -0.2) is 0 Å². The second-order valence-corrected chi connectivity index (χ2v) is 4.97. The van der Waals surface area contributed by atoms with Gasteiger partial charge in [0.1, 0.15) is 6.10 Å². The smallest absolute Gasteiger partial charge is 0.250 e. The minimum Gasteiger partial charge on any atom is -0.366 e. The molecular weight excluding hydrogens is 325 g/mol. The lowest BCUT2D eigenvalue weighted by Gasteiger charge is -2.32. The molecule has 22 heavy (non-hydrogen) atoms. The Kier molecular flexibility index (Phi) is 11.2. The van der Waals surface area contributed by atoms with E-state index in [2.05, 4.69) is 27.7 Å². The highest BCUT2D eigenvalue weighted by Crippen LogP contribution is 2.10. The molecule has 0 bridgehead atoms. The first kappa shape index (κ1) is 21.1. The van der Waals surface area contributed by atoms with Gasteiger partial charge in [0, 0.05) is 32.7 Å². The lowest BCUT2D eigenvalue weighted by Crippen LogP contribution is -2.50. The second-order valence-electron chi connectivity index (χ2n) is 4.97. The number of ether oxygens (including phenoxy) is 1. The monoisotopic (exact) mass is 349 g/mol. The number of morpholine rings is 1. The van der Waals surface area contributed by atoms with E-state index < -0.39 is 0 Å². The third-order valence-corrected chi connectivity index (χ3v) is 3.37. The summed E-state index contributed by atoms with van der Waals surface area (Å²) in [6.45, 7) is 4.40. The molecule has 1 aromatic rings. The summed E-state index contributed by atoms with van der Waals surface area (Å²) in [7, 11) is 1.87. The van der Waals surface area contributed by atoms with Crippen molar-refractivity contribution in [2.75, 3.05) is 39.8 Å². The van der Waals surface area contributed by atoms with Crippen molar-refractivity contribution >= 4 is 30.7 Å². The summed E-state index contributed by atoms with van der Waals surface area (Å²) < 4.78 is 5.56. The number of nitrogens with zero attached hydrogens (tertiary/aromatic N) is 1. The average molecular weight is 350 g/mol. The van der Waals surface area contributed by atoms with Crippen LogP contribution in [0.2, 0.25) is 0 Å². The van der Waals surface area contributed by atoms with Crippen LogP contribution >= 0.6 is 24.8 Å². The number of carbonyl (C=O) groups is 1. The Morgan fingerprint density at radius 3 is 2.68 bits per heavy atom. The first-order chi connectivity index (χ1) is 9.79. The molecule has 1 atom stereocenters. The molecule has 0 spiro atoms. The molecule has 1 amide bonds. The number of likely N-dealkylation sites (N-methyl/N-ethyl adjacent to an activating group) is 1. The molecule has 0 saturated carbocycles. The van der Waals surface area contributed by atoms with E-state index in [1.807, 2.05) is 25.2 Å². The van der Waals surface area contributed by atoms with Crippen LogP contribution in [0.5, 0.6) is 0 Å². The summed E-state index contributed by atoms with van der Waals surface area (Å²) in [5.41, 5.74) is 1.27. The lowest BCUT2D eigenvalue weighted by atomic mass is 10.2. The maximum Gasteiger partial charge on any atom is 0.250 e. The van der Waals surface area contributed by atoms with Crippen LogP contribution in [0.25, 0.3) is 0 Å². The molecule has 1 heterocycles. The minimum atomic E-state index is -0.357. The van der Waals surface area contributed by atoms with Gasteiger partial charge in [-0.1, -0.05) is 30.3 Å². The highest BCUT2D eigenvalue weighted by atomic mass is 35.5. The summed E-state index contributed by atoms with van der Waals surface area (Å²) in [4.78, 5) is 14.2. The Bertz CT molecular complexity index is 421. The van der Waals surface area contributed by atoms with E-state index >= 15 is 0 Å². The van der Waals surface area contributed by atoms with Crippen molar-refractivity contribution in [2.24, 2.45) is 0 Å². The van der Waals surface area contributed by atoms with Crippen LogP contribution in [-0.4, -0.2) is 56.7 Å². The Morgan fingerprint density at radius 1 is 1.27 bits per heavy atom. The summed E-state index contributed by atoms with van der Waals surface area (Å²) in [5.74, 6) is -0.0157. The largest absolute Gasteiger partial charge is 0.366 e. The Balaban J connectivity index is 0.00000220. The van der Waals surface area contributed by atoms with Gasteiger partial charge in [-0.15, -0.1) is 24.8 Å². The number of hydrogen-bond acceptors (Lipinski definition) is 4. The molecule has 5 nitrogen and oxygen atoms in total. The number of halogens is 2.